The summed E-state index contributed by atoms with van der Waals surface area (Å²) >= 11 is 0. The van der Waals surface area contributed by atoms with Gasteiger partial charge in [-0.25, -0.2) is 4.99 Å². The van der Waals surface area contributed by atoms with Gasteiger partial charge in [-0.15, -0.1) is 0 Å². The van der Waals surface area contributed by atoms with Crippen LogP contribution in [0.1, 0.15) is 107 Å². The average Bonchev–Trinajstić information content (AvgIpc) is 2.73. The summed E-state index contributed by atoms with van der Waals surface area (Å²) < 4.78 is 0. The van der Waals surface area contributed by atoms with Crippen LogP contribution in [0.4, 0.5) is 0 Å². The molecule has 0 aliphatic heterocycles. The van der Waals surface area contributed by atoms with Crippen molar-refractivity contribution in [3.63, 3.8) is 0 Å². The minimum absolute atomic E-state index is 0.512. The highest BCUT2D eigenvalue weighted by Gasteiger charge is 1.94. The van der Waals surface area contributed by atoms with Crippen molar-refractivity contribution in [2.45, 2.75) is 107 Å². The highest BCUT2D eigenvalue weighted by Crippen LogP contribution is 2.12. The SMILES string of the molecule is CC(C)=CCC/C(C)=C/CC/C(C)=C/CN=C(N)NC/C=C(\C)CC/C=C(\C)CCC=C(C)C. The van der Waals surface area contributed by atoms with Gasteiger partial charge in [0.15, 0.2) is 5.96 Å². The summed E-state index contributed by atoms with van der Waals surface area (Å²) in [5, 5.41) is 3.20. The van der Waals surface area contributed by atoms with Gasteiger partial charge < -0.3 is 11.1 Å². The Labute approximate surface area is 211 Å². The molecule has 0 aliphatic carbocycles. The molecule has 0 amide bonds. The molecule has 3 heteroatoms. The number of hydrogen-bond acceptors (Lipinski definition) is 1. The second-order valence-corrected chi connectivity index (χ2v) is 10.0. The average molecular weight is 468 g/mol. The molecule has 0 aromatic rings. The van der Waals surface area contributed by atoms with Crippen molar-refractivity contribution >= 4 is 5.96 Å². The van der Waals surface area contributed by atoms with E-state index >= 15 is 0 Å². The van der Waals surface area contributed by atoms with Crippen LogP contribution in [-0.2, 0) is 0 Å². The normalized spacial score (nSPS) is 13.7. The summed E-state index contributed by atoms with van der Waals surface area (Å²) in [5.74, 6) is 0.512. The number of nitrogens with one attached hydrogen (secondary N) is 1. The van der Waals surface area contributed by atoms with E-state index in [1.807, 2.05) is 0 Å². The molecule has 192 valence electrons. The molecule has 0 saturated carbocycles. The molecule has 0 unspecified atom stereocenters. The third-order valence-corrected chi connectivity index (χ3v) is 5.68. The van der Waals surface area contributed by atoms with Gasteiger partial charge in [-0.05, 0) is 107 Å². The third-order valence-electron chi connectivity index (χ3n) is 5.68. The Hall–Kier alpha value is -2.29. The summed E-state index contributed by atoms with van der Waals surface area (Å²) in [6.45, 7) is 18.8. The first-order chi connectivity index (χ1) is 16.1. The minimum Gasteiger partial charge on any atom is -0.370 e. The van der Waals surface area contributed by atoms with Crippen LogP contribution in [-0.4, -0.2) is 19.0 Å². The topological polar surface area (TPSA) is 50.4 Å². The van der Waals surface area contributed by atoms with Crippen molar-refractivity contribution in [3.8, 4) is 0 Å². The predicted octanol–water partition coefficient (Wildman–Crippen LogP) is 8.73. The molecule has 3 nitrogen and oxygen atoms in total. The lowest BCUT2D eigenvalue weighted by Crippen LogP contribution is -2.31. The molecule has 0 radical (unpaired) electrons. The van der Waals surface area contributed by atoms with Crippen LogP contribution in [0.2, 0.25) is 0 Å². The molecule has 0 bridgehead atoms. The van der Waals surface area contributed by atoms with E-state index in [9.17, 15) is 0 Å². The van der Waals surface area contributed by atoms with Crippen molar-refractivity contribution < 1.29 is 0 Å². The molecule has 0 atom stereocenters. The van der Waals surface area contributed by atoms with Gasteiger partial charge in [0, 0.05) is 6.54 Å². The zero-order valence-corrected chi connectivity index (χ0v) is 23.6. The van der Waals surface area contributed by atoms with Crippen molar-refractivity contribution in [2.75, 3.05) is 13.1 Å². The fourth-order valence-electron chi connectivity index (χ4n) is 3.36. The molecule has 3 N–H and O–H groups in total. The van der Waals surface area contributed by atoms with Gasteiger partial charge in [0.25, 0.3) is 0 Å². The maximum atomic E-state index is 6.01. The van der Waals surface area contributed by atoms with Crippen LogP contribution in [0.5, 0.6) is 0 Å². The highest BCUT2D eigenvalue weighted by atomic mass is 15.1. The fourth-order valence-corrected chi connectivity index (χ4v) is 3.36. The first-order valence-electron chi connectivity index (χ1n) is 13.0. The lowest BCUT2D eigenvalue weighted by Gasteiger charge is -2.04. The zero-order chi connectivity index (χ0) is 25.8. The van der Waals surface area contributed by atoms with E-state index in [0.717, 1.165) is 57.9 Å². The summed E-state index contributed by atoms with van der Waals surface area (Å²) in [6, 6.07) is 0. The minimum atomic E-state index is 0.512. The number of nitrogens with zero attached hydrogens (tertiary/aromatic N) is 1. The number of aliphatic imine (C=N–C) groups is 1. The zero-order valence-electron chi connectivity index (χ0n) is 23.6. The fraction of sp³-hybridized carbons (Fsp3) is 0.581. The number of nitrogens with two attached hydrogens (primary N) is 1. The van der Waals surface area contributed by atoms with Crippen molar-refractivity contribution in [1.29, 1.82) is 0 Å². The van der Waals surface area contributed by atoms with E-state index in [4.69, 9.17) is 5.73 Å². The Balaban J connectivity index is 4.17. The Bertz CT molecular complexity index is 777. The number of allylic oxidation sites excluding steroid dienone is 10. The van der Waals surface area contributed by atoms with Crippen LogP contribution < -0.4 is 11.1 Å². The van der Waals surface area contributed by atoms with Gasteiger partial charge >= 0.3 is 0 Å². The molecule has 0 fully saturated rings. The maximum absolute atomic E-state index is 6.01. The second-order valence-electron chi connectivity index (χ2n) is 10.0. The molecular formula is C31H53N3. The van der Waals surface area contributed by atoms with E-state index in [1.165, 1.54) is 33.4 Å². The Kier molecular flexibility index (Phi) is 18.8. The van der Waals surface area contributed by atoms with Gasteiger partial charge in [-0.2, -0.15) is 0 Å². The van der Waals surface area contributed by atoms with E-state index in [2.05, 4.69) is 102 Å². The molecule has 0 spiro atoms. The number of hydrogen-bond donors (Lipinski definition) is 2. The van der Waals surface area contributed by atoms with Crippen molar-refractivity contribution in [2.24, 2.45) is 10.7 Å². The second kappa shape index (κ2) is 20.1. The largest absolute Gasteiger partial charge is 0.370 e. The Morgan fingerprint density at radius 2 is 0.941 bits per heavy atom. The van der Waals surface area contributed by atoms with Gasteiger partial charge in [0.05, 0.1) is 6.54 Å². The maximum Gasteiger partial charge on any atom is 0.189 e. The molecule has 34 heavy (non-hydrogen) atoms. The van der Waals surface area contributed by atoms with E-state index < -0.39 is 0 Å². The molecule has 0 rings (SSSR count). The van der Waals surface area contributed by atoms with Crippen molar-refractivity contribution in [1.82, 2.24) is 5.32 Å². The molecule has 0 aromatic carbocycles. The lowest BCUT2D eigenvalue weighted by molar-refractivity contribution is 0.906. The molecular weight excluding hydrogens is 414 g/mol. The van der Waals surface area contributed by atoms with Crippen LogP contribution in [0, 0.1) is 0 Å². The summed E-state index contributed by atoms with van der Waals surface area (Å²) in [5.41, 5.74) is 14.5. The highest BCUT2D eigenvalue weighted by molar-refractivity contribution is 5.78. The molecule has 0 aromatic heterocycles. The molecule has 0 heterocycles. The smallest absolute Gasteiger partial charge is 0.189 e. The third kappa shape index (κ3) is 21.6. The monoisotopic (exact) mass is 467 g/mol. The predicted molar refractivity (Wildman–Crippen MR) is 155 cm³/mol. The number of rotatable bonds is 16. The van der Waals surface area contributed by atoms with Crippen molar-refractivity contribution in [3.05, 3.63) is 69.9 Å². The van der Waals surface area contributed by atoms with Crippen LogP contribution >= 0.6 is 0 Å². The van der Waals surface area contributed by atoms with Crippen LogP contribution in [0.25, 0.3) is 0 Å². The first kappa shape index (κ1) is 31.7. The summed E-state index contributed by atoms with van der Waals surface area (Å²) in [4.78, 5) is 4.43. The van der Waals surface area contributed by atoms with Crippen LogP contribution in [0.15, 0.2) is 74.9 Å². The molecule has 0 saturated heterocycles. The quantitative estimate of drug-likeness (QED) is 0.135. The van der Waals surface area contributed by atoms with E-state index in [0.29, 0.717) is 12.5 Å². The first-order valence-corrected chi connectivity index (χ1v) is 13.0. The number of guanidine groups is 1. The van der Waals surface area contributed by atoms with Gasteiger partial charge in [0.1, 0.15) is 0 Å². The Morgan fingerprint density at radius 3 is 1.38 bits per heavy atom. The van der Waals surface area contributed by atoms with E-state index in [-0.39, 0.29) is 0 Å². The van der Waals surface area contributed by atoms with E-state index in [1.54, 1.807) is 0 Å². The summed E-state index contributed by atoms with van der Waals surface area (Å²) in [6.07, 6.45) is 22.7. The standard InChI is InChI=1S/C31H53N3/c1-25(2)13-9-15-27(5)17-11-19-29(7)21-23-33-31(32)34-24-22-30(8)20-12-18-28(6)16-10-14-26(3)4/h13-14,17-18,21-22H,9-12,15-16,19-20,23-24H2,1-8H3,(H3,32,33,34)/b27-17+,28-18+,29-21+,30-22+. The molecule has 0 aliphatic rings. The Morgan fingerprint density at radius 1 is 0.559 bits per heavy atom. The van der Waals surface area contributed by atoms with Crippen LogP contribution in [0.3, 0.4) is 0 Å². The van der Waals surface area contributed by atoms with Gasteiger partial charge in [0.2, 0.25) is 0 Å². The summed E-state index contributed by atoms with van der Waals surface area (Å²) in [7, 11) is 0. The van der Waals surface area contributed by atoms with Gasteiger partial charge in [-0.1, -0.05) is 69.9 Å². The lowest BCUT2D eigenvalue weighted by atomic mass is 10.1. The van der Waals surface area contributed by atoms with Gasteiger partial charge in [-0.3, -0.25) is 0 Å².